The molecule has 8 heteroatoms. The zero-order chi connectivity index (χ0) is 23.4. The molecule has 1 amide bonds. The van der Waals surface area contributed by atoms with Crippen molar-refractivity contribution in [3.8, 4) is 0 Å². The number of carbonyl (C=O) groups excluding carboxylic acids is 1. The topological polar surface area (TPSA) is 96.5 Å². The van der Waals surface area contributed by atoms with Crippen LogP contribution in [0.15, 0.2) is 76.1 Å². The molecule has 0 aliphatic rings. The number of rotatable bonds is 8. The van der Waals surface area contributed by atoms with Gasteiger partial charge in [-0.25, -0.2) is 0 Å². The molecule has 170 valence electrons. The van der Waals surface area contributed by atoms with Crippen molar-refractivity contribution in [1.29, 1.82) is 0 Å². The molecule has 4 aromatic rings. The van der Waals surface area contributed by atoms with Crippen molar-refractivity contribution in [3.05, 3.63) is 105 Å². The largest absolute Gasteiger partial charge is 0.443 e. The summed E-state index contributed by atoms with van der Waals surface area (Å²) in [5, 5.41) is 17.1. The molecule has 0 saturated carbocycles. The predicted octanol–water partition coefficient (Wildman–Crippen LogP) is 3.54. The van der Waals surface area contributed by atoms with Crippen LogP contribution in [0.5, 0.6) is 0 Å². The summed E-state index contributed by atoms with van der Waals surface area (Å²) in [6, 6.07) is 18.1. The van der Waals surface area contributed by atoms with Gasteiger partial charge in [-0.05, 0) is 29.3 Å². The standard InChI is InChI=1S/C25H24ClN3O4/c1-29-15-21(24(32)28-12-16-7-9-18(26)10-8-16)23(31)20-11-19(33-25(20)29)13-27-14-22(30)17-5-3-2-4-6-17/h2-11,15,22,27,30H,12-14H2,1H3,(H,28,32). The van der Waals surface area contributed by atoms with Gasteiger partial charge in [0.15, 0.2) is 0 Å². The number of carbonyl (C=O) groups is 1. The van der Waals surface area contributed by atoms with Crippen LogP contribution >= 0.6 is 11.6 Å². The molecule has 0 aliphatic heterocycles. The van der Waals surface area contributed by atoms with Gasteiger partial charge in [0.2, 0.25) is 11.1 Å². The van der Waals surface area contributed by atoms with Gasteiger partial charge in [-0.3, -0.25) is 9.59 Å². The van der Waals surface area contributed by atoms with Gasteiger partial charge in [-0.15, -0.1) is 0 Å². The van der Waals surface area contributed by atoms with Crippen LogP contribution in [0, 0.1) is 0 Å². The monoisotopic (exact) mass is 465 g/mol. The van der Waals surface area contributed by atoms with E-state index in [1.807, 2.05) is 42.5 Å². The first kappa shape index (κ1) is 22.8. The van der Waals surface area contributed by atoms with E-state index in [1.54, 1.807) is 29.8 Å². The Kier molecular flexibility index (Phi) is 6.93. The highest BCUT2D eigenvalue weighted by atomic mass is 35.5. The van der Waals surface area contributed by atoms with E-state index in [-0.39, 0.29) is 12.1 Å². The molecule has 3 N–H and O–H groups in total. The van der Waals surface area contributed by atoms with Gasteiger partial charge in [0, 0.05) is 31.4 Å². The third kappa shape index (κ3) is 5.34. The fraction of sp³-hybridized carbons (Fsp3) is 0.200. The van der Waals surface area contributed by atoms with Gasteiger partial charge in [0.25, 0.3) is 5.91 Å². The van der Waals surface area contributed by atoms with Crippen LogP contribution in [-0.2, 0) is 20.1 Å². The van der Waals surface area contributed by atoms with Crippen LogP contribution in [0.25, 0.3) is 11.1 Å². The van der Waals surface area contributed by atoms with Gasteiger partial charge < -0.3 is 24.7 Å². The van der Waals surface area contributed by atoms with E-state index < -0.39 is 17.4 Å². The maximum Gasteiger partial charge on any atom is 0.257 e. The van der Waals surface area contributed by atoms with Crippen molar-refractivity contribution in [3.63, 3.8) is 0 Å². The molecule has 33 heavy (non-hydrogen) atoms. The van der Waals surface area contributed by atoms with Crippen LogP contribution in [0.3, 0.4) is 0 Å². The molecule has 0 radical (unpaired) electrons. The van der Waals surface area contributed by atoms with E-state index in [1.165, 1.54) is 6.20 Å². The normalized spacial score (nSPS) is 12.1. The zero-order valence-corrected chi connectivity index (χ0v) is 18.8. The lowest BCUT2D eigenvalue weighted by molar-refractivity contribution is 0.0949. The minimum atomic E-state index is -0.655. The molecular weight excluding hydrogens is 442 g/mol. The molecule has 2 heterocycles. The second-order valence-electron chi connectivity index (χ2n) is 7.78. The maximum absolute atomic E-state index is 12.9. The molecule has 0 bridgehead atoms. The van der Waals surface area contributed by atoms with Crippen molar-refractivity contribution < 1.29 is 14.3 Å². The summed E-state index contributed by atoms with van der Waals surface area (Å²) in [5.74, 6) is 0.0796. The first-order valence-corrected chi connectivity index (χ1v) is 10.9. The van der Waals surface area contributed by atoms with E-state index in [0.717, 1.165) is 11.1 Å². The Hall–Kier alpha value is -3.39. The number of nitrogens with one attached hydrogen (secondary N) is 2. The van der Waals surface area contributed by atoms with Gasteiger partial charge in [0.1, 0.15) is 11.3 Å². The minimum Gasteiger partial charge on any atom is -0.443 e. The highest BCUT2D eigenvalue weighted by Crippen LogP contribution is 2.18. The molecule has 1 unspecified atom stereocenters. The van der Waals surface area contributed by atoms with E-state index in [9.17, 15) is 14.7 Å². The number of hydrogen-bond acceptors (Lipinski definition) is 5. The number of benzene rings is 2. The van der Waals surface area contributed by atoms with Gasteiger partial charge in [-0.1, -0.05) is 54.1 Å². The Bertz CT molecular complexity index is 1310. The summed E-state index contributed by atoms with van der Waals surface area (Å²) in [4.78, 5) is 25.6. The van der Waals surface area contributed by atoms with Gasteiger partial charge >= 0.3 is 0 Å². The molecule has 0 spiro atoms. The fourth-order valence-electron chi connectivity index (χ4n) is 3.57. The van der Waals surface area contributed by atoms with E-state index in [2.05, 4.69) is 10.6 Å². The number of fused-ring (bicyclic) bond motifs is 1. The van der Waals surface area contributed by atoms with Crippen molar-refractivity contribution in [1.82, 2.24) is 15.2 Å². The van der Waals surface area contributed by atoms with E-state index in [0.29, 0.717) is 35.0 Å². The van der Waals surface area contributed by atoms with Crippen LogP contribution in [0.2, 0.25) is 5.02 Å². The van der Waals surface area contributed by atoms with Crippen LogP contribution in [0.4, 0.5) is 0 Å². The molecule has 7 nitrogen and oxygen atoms in total. The quantitative estimate of drug-likeness (QED) is 0.370. The average molecular weight is 466 g/mol. The Balaban J connectivity index is 1.44. The molecule has 2 aromatic carbocycles. The van der Waals surface area contributed by atoms with Crippen LogP contribution in [0.1, 0.15) is 33.3 Å². The molecule has 1 atom stereocenters. The summed E-state index contributed by atoms with van der Waals surface area (Å²) in [6.45, 7) is 0.938. The van der Waals surface area contributed by atoms with Crippen molar-refractivity contribution in [2.24, 2.45) is 7.05 Å². The van der Waals surface area contributed by atoms with Crippen LogP contribution in [-0.4, -0.2) is 22.1 Å². The Labute approximate surface area is 195 Å². The maximum atomic E-state index is 12.9. The summed E-state index contributed by atoms with van der Waals surface area (Å²) < 4.78 is 7.44. The second-order valence-corrected chi connectivity index (χ2v) is 8.22. The minimum absolute atomic E-state index is 0.0405. The van der Waals surface area contributed by atoms with E-state index >= 15 is 0 Å². The number of aryl methyl sites for hydroxylation is 1. The third-order valence-corrected chi connectivity index (χ3v) is 5.58. The molecule has 0 saturated heterocycles. The first-order chi connectivity index (χ1) is 15.9. The SMILES string of the molecule is Cn1cc(C(=O)NCc2ccc(Cl)cc2)c(=O)c2cc(CNCC(O)c3ccccc3)oc21. The second kappa shape index (κ2) is 10.0. The lowest BCUT2D eigenvalue weighted by Crippen LogP contribution is -2.29. The van der Waals surface area contributed by atoms with Crippen molar-refractivity contribution in [2.75, 3.05) is 6.54 Å². The Morgan fingerprint density at radius 2 is 1.85 bits per heavy atom. The highest BCUT2D eigenvalue weighted by molar-refractivity contribution is 6.30. The number of aliphatic hydroxyl groups is 1. The number of nitrogens with zero attached hydrogens (tertiary/aromatic N) is 1. The van der Waals surface area contributed by atoms with Crippen LogP contribution < -0.4 is 16.1 Å². The van der Waals surface area contributed by atoms with E-state index in [4.69, 9.17) is 16.0 Å². The fourth-order valence-corrected chi connectivity index (χ4v) is 3.69. The number of aromatic nitrogens is 1. The number of furan rings is 1. The molecule has 0 fully saturated rings. The molecular formula is C25H24ClN3O4. The molecule has 0 aliphatic carbocycles. The van der Waals surface area contributed by atoms with Crippen molar-refractivity contribution >= 4 is 28.6 Å². The summed E-state index contributed by atoms with van der Waals surface area (Å²) >= 11 is 5.88. The predicted molar refractivity (Wildman–Crippen MR) is 127 cm³/mol. The first-order valence-electron chi connectivity index (χ1n) is 10.5. The smallest absolute Gasteiger partial charge is 0.257 e. The number of aliphatic hydroxyl groups excluding tert-OH is 1. The molecule has 4 rings (SSSR count). The Morgan fingerprint density at radius 3 is 2.58 bits per heavy atom. The van der Waals surface area contributed by atoms with Gasteiger partial charge in [0.05, 0.1) is 18.0 Å². The third-order valence-electron chi connectivity index (χ3n) is 5.33. The van der Waals surface area contributed by atoms with Gasteiger partial charge in [-0.2, -0.15) is 0 Å². The lowest BCUT2D eigenvalue weighted by atomic mass is 10.1. The van der Waals surface area contributed by atoms with Crippen molar-refractivity contribution in [2.45, 2.75) is 19.2 Å². The Morgan fingerprint density at radius 1 is 1.12 bits per heavy atom. The number of halogens is 1. The lowest BCUT2D eigenvalue weighted by Gasteiger charge is -2.11. The zero-order valence-electron chi connectivity index (χ0n) is 18.0. The summed E-state index contributed by atoms with van der Waals surface area (Å²) in [5.41, 5.74) is 1.72. The number of hydrogen-bond donors (Lipinski definition) is 3. The summed E-state index contributed by atoms with van der Waals surface area (Å²) in [6.07, 6.45) is 0.819. The molecule has 2 aromatic heterocycles. The summed E-state index contributed by atoms with van der Waals surface area (Å²) in [7, 11) is 1.72. The number of amides is 1. The average Bonchev–Trinajstić information content (AvgIpc) is 3.26. The highest BCUT2D eigenvalue weighted by Gasteiger charge is 2.18. The number of pyridine rings is 1.